The van der Waals surface area contributed by atoms with Crippen molar-refractivity contribution in [3.8, 4) is 0 Å². The minimum atomic E-state index is -1.82. The van der Waals surface area contributed by atoms with Crippen molar-refractivity contribution in [2.75, 3.05) is 13.7 Å². The van der Waals surface area contributed by atoms with Crippen LogP contribution in [0.25, 0.3) is 22.1 Å². The fourth-order valence-corrected chi connectivity index (χ4v) is 2.93. The van der Waals surface area contributed by atoms with E-state index in [1.807, 2.05) is 24.3 Å². The van der Waals surface area contributed by atoms with E-state index >= 15 is 0 Å². The van der Waals surface area contributed by atoms with Gasteiger partial charge in [-0.05, 0) is 31.2 Å². The van der Waals surface area contributed by atoms with E-state index in [1.165, 1.54) is 16.5 Å². The Hall–Kier alpha value is -3.33. The van der Waals surface area contributed by atoms with E-state index in [9.17, 15) is 4.79 Å². The third kappa shape index (κ3) is 2.17. The maximum absolute atomic E-state index is 13.1. The van der Waals surface area contributed by atoms with Crippen molar-refractivity contribution < 1.29 is 14.3 Å². The highest BCUT2D eigenvalue weighted by atomic mass is 16.6. The molecule has 0 spiro atoms. The van der Waals surface area contributed by atoms with Gasteiger partial charge in [-0.15, -0.1) is 10.2 Å². The molecule has 2 aromatic carbocycles. The van der Waals surface area contributed by atoms with Crippen molar-refractivity contribution in [1.82, 2.24) is 30.0 Å². The van der Waals surface area contributed by atoms with Crippen LogP contribution in [0.3, 0.4) is 0 Å². The molecule has 0 aliphatic carbocycles. The predicted octanol–water partition coefficient (Wildman–Crippen LogP) is 1.54. The number of hydrogen-bond donors (Lipinski definition) is 0. The van der Waals surface area contributed by atoms with Crippen LogP contribution >= 0.6 is 0 Å². The summed E-state index contributed by atoms with van der Waals surface area (Å²) in [7, 11) is 1.39. The first kappa shape index (κ1) is 16.2. The van der Waals surface area contributed by atoms with Crippen molar-refractivity contribution in [2.24, 2.45) is 0 Å². The minimum absolute atomic E-state index is 0.170. The Balaban J connectivity index is 2.06. The number of benzene rings is 2. The number of esters is 1. The number of carbonyl (C=O) groups excluding carboxylic acids is 1. The lowest BCUT2D eigenvalue weighted by Crippen LogP contribution is -2.52. The van der Waals surface area contributed by atoms with Crippen LogP contribution in [0.2, 0.25) is 0 Å². The summed E-state index contributed by atoms with van der Waals surface area (Å²) < 4.78 is 13.7. The molecule has 132 valence electrons. The number of hydrogen-bond acceptors (Lipinski definition) is 7. The summed E-state index contributed by atoms with van der Waals surface area (Å²) in [6.45, 7) is 1.89. The highest BCUT2D eigenvalue weighted by molar-refractivity contribution is 5.84. The van der Waals surface area contributed by atoms with Gasteiger partial charge in [0.15, 0.2) is 0 Å². The van der Waals surface area contributed by atoms with Gasteiger partial charge in [0, 0.05) is 7.11 Å². The van der Waals surface area contributed by atoms with Crippen molar-refractivity contribution in [3.63, 3.8) is 0 Å². The third-order valence-corrected chi connectivity index (χ3v) is 4.10. The summed E-state index contributed by atoms with van der Waals surface area (Å²) in [6.07, 6.45) is 0. The summed E-state index contributed by atoms with van der Waals surface area (Å²) in [5, 5.41) is 16.6. The smallest absolute Gasteiger partial charge is 0.387 e. The molecule has 0 N–H and O–H groups in total. The van der Waals surface area contributed by atoms with Crippen LogP contribution in [0.4, 0.5) is 0 Å². The second-order valence-corrected chi connectivity index (χ2v) is 5.51. The van der Waals surface area contributed by atoms with Crippen LogP contribution in [-0.2, 0) is 20.1 Å². The van der Waals surface area contributed by atoms with Crippen molar-refractivity contribution in [3.05, 3.63) is 48.5 Å². The van der Waals surface area contributed by atoms with E-state index in [2.05, 4.69) is 20.6 Å². The number of rotatable bonds is 5. The molecule has 0 aliphatic rings. The van der Waals surface area contributed by atoms with Gasteiger partial charge in [-0.25, -0.2) is 4.79 Å². The molecule has 0 saturated heterocycles. The Kier molecular flexibility index (Phi) is 3.85. The van der Waals surface area contributed by atoms with Crippen LogP contribution in [0, 0.1) is 0 Å². The topological polar surface area (TPSA) is 97.0 Å². The molecule has 2 heterocycles. The molecule has 0 unspecified atom stereocenters. The van der Waals surface area contributed by atoms with Gasteiger partial charge < -0.3 is 9.47 Å². The minimum Gasteiger partial charge on any atom is -0.461 e. The Morgan fingerprint density at radius 2 is 1.46 bits per heavy atom. The zero-order valence-electron chi connectivity index (χ0n) is 14.2. The monoisotopic (exact) mass is 352 g/mol. The number of aromatic nitrogens is 6. The fraction of sp³-hybridized carbons (Fsp3) is 0.235. The second-order valence-electron chi connectivity index (χ2n) is 5.51. The molecule has 0 amide bonds. The van der Waals surface area contributed by atoms with Crippen LogP contribution in [0.5, 0.6) is 0 Å². The molecule has 9 heteroatoms. The molecule has 2 aromatic heterocycles. The molecule has 0 aliphatic heterocycles. The van der Waals surface area contributed by atoms with Crippen molar-refractivity contribution >= 4 is 28.0 Å². The van der Waals surface area contributed by atoms with Gasteiger partial charge in [0.05, 0.1) is 17.6 Å². The summed E-state index contributed by atoms with van der Waals surface area (Å²) in [5.74, 6) is -2.49. The largest absolute Gasteiger partial charge is 0.461 e. The van der Waals surface area contributed by atoms with E-state index in [0.717, 1.165) is 0 Å². The normalized spacial score (nSPS) is 11.9. The van der Waals surface area contributed by atoms with E-state index < -0.39 is 11.8 Å². The number of nitrogens with zero attached hydrogens (tertiary/aromatic N) is 6. The van der Waals surface area contributed by atoms with Crippen molar-refractivity contribution in [2.45, 2.75) is 12.8 Å². The second kappa shape index (κ2) is 6.19. The Bertz CT molecular complexity index is 1010. The Morgan fingerprint density at radius 3 is 1.92 bits per heavy atom. The zero-order valence-corrected chi connectivity index (χ0v) is 14.2. The molecule has 0 fully saturated rings. The molecular weight excluding hydrogens is 336 g/mol. The molecule has 0 atom stereocenters. The average Bonchev–Trinajstić information content (AvgIpc) is 3.29. The van der Waals surface area contributed by atoms with Gasteiger partial charge in [-0.1, -0.05) is 34.7 Å². The number of methoxy groups -OCH3 is 1. The average molecular weight is 352 g/mol. The first-order valence-corrected chi connectivity index (χ1v) is 8.06. The molecule has 4 aromatic rings. The van der Waals surface area contributed by atoms with Gasteiger partial charge in [0.2, 0.25) is 0 Å². The summed E-state index contributed by atoms with van der Waals surface area (Å²) in [5.41, 5.74) is 2.43. The SMILES string of the molecule is CCOC(=O)C(OC)(n1nnc2ccccc21)n1nnc2ccccc21. The molecule has 9 nitrogen and oxygen atoms in total. The standard InChI is InChI=1S/C17H16N6O3/c1-3-26-16(24)17(25-2,22-14-10-6-4-8-12(14)18-20-22)23-15-11-7-5-9-13(15)19-21-23/h4-11H,3H2,1-2H3. The van der Waals surface area contributed by atoms with Gasteiger partial charge in [-0.2, -0.15) is 9.36 Å². The van der Waals surface area contributed by atoms with E-state index in [-0.39, 0.29) is 6.61 Å². The van der Waals surface area contributed by atoms with Crippen molar-refractivity contribution in [1.29, 1.82) is 0 Å². The molecule has 0 saturated carbocycles. The van der Waals surface area contributed by atoms with Crippen LogP contribution < -0.4 is 0 Å². The molecule has 26 heavy (non-hydrogen) atoms. The van der Waals surface area contributed by atoms with Crippen LogP contribution in [0.15, 0.2) is 48.5 Å². The van der Waals surface area contributed by atoms with Gasteiger partial charge >= 0.3 is 11.8 Å². The van der Waals surface area contributed by atoms with Gasteiger partial charge in [0.1, 0.15) is 11.0 Å². The number of fused-ring (bicyclic) bond motifs is 2. The third-order valence-electron chi connectivity index (χ3n) is 4.10. The lowest BCUT2D eigenvalue weighted by atomic mass is 10.2. The van der Waals surface area contributed by atoms with E-state index in [4.69, 9.17) is 9.47 Å². The maximum atomic E-state index is 13.1. The maximum Gasteiger partial charge on any atom is 0.387 e. The summed E-state index contributed by atoms with van der Waals surface area (Å²) in [4.78, 5) is 13.1. The van der Waals surface area contributed by atoms with Crippen LogP contribution in [-0.4, -0.2) is 49.7 Å². The number of carbonyl (C=O) groups is 1. The van der Waals surface area contributed by atoms with Crippen LogP contribution in [0.1, 0.15) is 6.92 Å². The summed E-state index contributed by atoms with van der Waals surface area (Å²) in [6, 6.07) is 14.5. The Morgan fingerprint density at radius 1 is 0.962 bits per heavy atom. The molecule has 0 radical (unpaired) electrons. The lowest BCUT2D eigenvalue weighted by molar-refractivity contribution is -0.193. The highest BCUT2D eigenvalue weighted by Crippen LogP contribution is 2.28. The number of para-hydroxylation sites is 2. The van der Waals surface area contributed by atoms with E-state index in [1.54, 1.807) is 31.2 Å². The first-order valence-electron chi connectivity index (χ1n) is 8.06. The lowest BCUT2D eigenvalue weighted by Gasteiger charge is -2.29. The molecule has 0 bridgehead atoms. The van der Waals surface area contributed by atoms with Gasteiger partial charge in [0.25, 0.3) is 0 Å². The quantitative estimate of drug-likeness (QED) is 0.503. The highest BCUT2D eigenvalue weighted by Gasteiger charge is 2.49. The molecule has 4 rings (SSSR count). The Labute approximate surface area is 148 Å². The molecular formula is C17H16N6O3. The predicted molar refractivity (Wildman–Crippen MR) is 92.1 cm³/mol. The fourth-order valence-electron chi connectivity index (χ4n) is 2.93. The number of ether oxygens (including phenoxy) is 2. The summed E-state index contributed by atoms with van der Waals surface area (Å²) >= 11 is 0. The zero-order chi connectivity index (χ0) is 18.1. The van der Waals surface area contributed by atoms with Gasteiger partial charge in [-0.3, -0.25) is 0 Å². The van der Waals surface area contributed by atoms with E-state index in [0.29, 0.717) is 22.1 Å². The first-order chi connectivity index (χ1) is 12.7.